The van der Waals surface area contributed by atoms with Crippen LogP contribution in [0.5, 0.6) is 5.75 Å². The summed E-state index contributed by atoms with van der Waals surface area (Å²) < 4.78 is 8.76. The first-order valence-corrected chi connectivity index (χ1v) is 7.75. The second-order valence-electron chi connectivity index (χ2n) is 4.79. The van der Waals surface area contributed by atoms with E-state index in [1.54, 1.807) is 6.33 Å². The highest BCUT2D eigenvalue weighted by atomic mass is 79.9. The average molecular weight is 346 g/mol. The van der Waals surface area contributed by atoms with Gasteiger partial charge in [0.05, 0.1) is 4.47 Å². The van der Waals surface area contributed by atoms with E-state index < -0.39 is 0 Å². The molecule has 0 aliphatic rings. The fourth-order valence-electron chi connectivity index (χ4n) is 2.27. The zero-order chi connectivity index (χ0) is 14.7. The van der Waals surface area contributed by atoms with E-state index in [1.807, 2.05) is 22.9 Å². The number of rotatable bonds is 5. The Balaban J connectivity index is 1.82. The van der Waals surface area contributed by atoms with Crippen molar-refractivity contribution in [1.82, 2.24) is 14.8 Å². The maximum Gasteiger partial charge on any atom is 0.164 e. The molecule has 21 heavy (non-hydrogen) atoms. The lowest BCUT2D eigenvalue weighted by molar-refractivity contribution is 0.285. The highest BCUT2D eigenvalue weighted by Crippen LogP contribution is 2.33. The quantitative estimate of drug-likeness (QED) is 0.696. The first-order valence-electron chi connectivity index (χ1n) is 6.96. The zero-order valence-corrected chi connectivity index (χ0v) is 13.4. The van der Waals surface area contributed by atoms with E-state index >= 15 is 0 Å². The predicted octanol–water partition coefficient (Wildman–Crippen LogP) is 4.18. The molecule has 1 aromatic heterocycles. The molecule has 3 aromatic rings. The summed E-state index contributed by atoms with van der Waals surface area (Å²) in [4.78, 5) is 4.25. The van der Waals surface area contributed by atoms with Gasteiger partial charge >= 0.3 is 0 Å². The molecule has 1 heterocycles. The van der Waals surface area contributed by atoms with Crippen LogP contribution in [0.2, 0.25) is 0 Å². The van der Waals surface area contributed by atoms with Crippen molar-refractivity contribution in [2.24, 2.45) is 0 Å². The Kier molecular flexibility index (Phi) is 4.20. The van der Waals surface area contributed by atoms with Crippen molar-refractivity contribution < 1.29 is 4.74 Å². The Morgan fingerprint density at radius 1 is 1.19 bits per heavy atom. The summed E-state index contributed by atoms with van der Waals surface area (Å²) >= 11 is 3.63. The third-order valence-electron chi connectivity index (χ3n) is 3.32. The molecule has 0 radical (unpaired) electrons. The molecular weight excluding hydrogens is 330 g/mol. The van der Waals surface area contributed by atoms with Gasteiger partial charge in [0.15, 0.2) is 5.82 Å². The van der Waals surface area contributed by atoms with Crippen LogP contribution in [0.1, 0.15) is 19.2 Å². The number of hydrogen-bond donors (Lipinski definition) is 0. The summed E-state index contributed by atoms with van der Waals surface area (Å²) in [5, 5.41) is 6.53. The Morgan fingerprint density at radius 3 is 2.90 bits per heavy atom. The van der Waals surface area contributed by atoms with Crippen molar-refractivity contribution in [3.05, 3.63) is 53.0 Å². The molecule has 2 aromatic carbocycles. The van der Waals surface area contributed by atoms with Crippen LogP contribution < -0.4 is 4.74 Å². The predicted molar refractivity (Wildman–Crippen MR) is 86.3 cm³/mol. The second kappa shape index (κ2) is 6.26. The summed E-state index contributed by atoms with van der Waals surface area (Å²) in [7, 11) is 0. The Hall–Kier alpha value is -1.88. The van der Waals surface area contributed by atoms with E-state index in [4.69, 9.17) is 4.74 Å². The number of halogens is 1. The highest BCUT2D eigenvalue weighted by Gasteiger charge is 2.09. The molecule has 3 rings (SSSR count). The van der Waals surface area contributed by atoms with Crippen molar-refractivity contribution in [3.63, 3.8) is 0 Å². The molecule has 0 unspecified atom stereocenters. The van der Waals surface area contributed by atoms with Crippen LogP contribution in [0.4, 0.5) is 0 Å². The van der Waals surface area contributed by atoms with Gasteiger partial charge in [-0.1, -0.05) is 37.3 Å². The average Bonchev–Trinajstić information content (AvgIpc) is 2.95. The van der Waals surface area contributed by atoms with Crippen LogP contribution in [0.3, 0.4) is 0 Å². The van der Waals surface area contributed by atoms with Crippen molar-refractivity contribution in [3.8, 4) is 5.75 Å². The van der Waals surface area contributed by atoms with Gasteiger partial charge in [-0.15, -0.1) is 0 Å². The zero-order valence-electron chi connectivity index (χ0n) is 11.8. The molecule has 0 N–H and O–H groups in total. The SMILES string of the molecule is CCCn1ncnc1COc1ccc2ccccc2c1Br. The van der Waals surface area contributed by atoms with Gasteiger partial charge in [0.25, 0.3) is 0 Å². The number of aryl methyl sites for hydroxylation is 1. The lowest BCUT2D eigenvalue weighted by Crippen LogP contribution is -2.08. The molecule has 4 nitrogen and oxygen atoms in total. The maximum absolute atomic E-state index is 5.91. The molecule has 0 bridgehead atoms. The van der Waals surface area contributed by atoms with E-state index in [-0.39, 0.29) is 0 Å². The number of nitrogens with zero attached hydrogens (tertiary/aromatic N) is 3. The fourth-order valence-corrected chi connectivity index (χ4v) is 2.87. The number of aromatic nitrogens is 3. The van der Waals surface area contributed by atoms with Gasteiger partial charge in [-0.05, 0) is 39.2 Å². The van der Waals surface area contributed by atoms with Crippen molar-refractivity contribution in [2.45, 2.75) is 26.5 Å². The van der Waals surface area contributed by atoms with E-state index in [0.717, 1.165) is 34.4 Å². The molecule has 108 valence electrons. The van der Waals surface area contributed by atoms with Gasteiger partial charge < -0.3 is 4.74 Å². The second-order valence-corrected chi connectivity index (χ2v) is 5.58. The van der Waals surface area contributed by atoms with Crippen LogP contribution in [0, 0.1) is 0 Å². The molecule has 0 aliphatic carbocycles. The molecule has 0 atom stereocenters. The van der Waals surface area contributed by atoms with Gasteiger partial charge in [0, 0.05) is 6.54 Å². The summed E-state index contributed by atoms with van der Waals surface area (Å²) in [5.74, 6) is 1.66. The first-order chi connectivity index (χ1) is 10.3. The minimum absolute atomic E-state index is 0.414. The monoisotopic (exact) mass is 345 g/mol. The van der Waals surface area contributed by atoms with Crippen molar-refractivity contribution >= 4 is 26.7 Å². The number of hydrogen-bond acceptors (Lipinski definition) is 3. The standard InChI is InChI=1S/C16H16BrN3O/c1-2-9-20-15(18-11-19-20)10-21-14-8-7-12-5-3-4-6-13(12)16(14)17/h3-8,11H,2,9-10H2,1H3. The van der Waals surface area contributed by atoms with Crippen LogP contribution in [-0.4, -0.2) is 14.8 Å². The van der Waals surface area contributed by atoms with Gasteiger partial charge in [-0.25, -0.2) is 9.67 Å². The molecule has 0 spiro atoms. The number of fused-ring (bicyclic) bond motifs is 1. The van der Waals surface area contributed by atoms with E-state index in [2.05, 4.69) is 51.1 Å². The molecule has 0 saturated carbocycles. The van der Waals surface area contributed by atoms with Crippen molar-refractivity contribution in [1.29, 1.82) is 0 Å². The minimum Gasteiger partial charge on any atom is -0.484 e. The lowest BCUT2D eigenvalue weighted by Gasteiger charge is -2.10. The molecule has 0 amide bonds. The third kappa shape index (κ3) is 2.93. The minimum atomic E-state index is 0.414. The summed E-state index contributed by atoms with van der Waals surface area (Å²) in [6.45, 7) is 3.39. The molecule has 0 fully saturated rings. The largest absolute Gasteiger partial charge is 0.484 e. The van der Waals surface area contributed by atoms with Crippen LogP contribution in [0.25, 0.3) is 10.8 Å². The van der Waals surface area contributed by atoms with E-state index in [9.17, 15) is 0 Å². The summed E-state index contributed by atoms with van der Waals surface area (Å²) in [6.07, 6.45) is 2.60. The first kappa shape index (κ1) is 14.1. The number of benzene rings is 2. The van der Waals surface area contributed by atoms with Crippen LogP contribution in [-0.2, 0) is 13.2 Å². The Bertz CT molecular complexity index is 754. The molecule has 0 aliphatic heterocycles. The molecular formula is C16H16BrN3O. The summed E-state index contributed by atoms with van der Waals surface area (Å²) in [5.41, 5.74) is 0. The van der Waals surface area contributed by atoms with Gasteiger partial charge in [0.1, 0.15) is 18.7 Å². The Labute approximate surface area is 131 Å². The van der Waals surface area contributed by atoms with E-state index in [1.165, 1.54) is 5.39 Å². The lowest BCUT2D eigenvalue weighted by atomic mass is 10.1. The maximum atomic E-state index is 5.91. The Morgan fingerprint density at radius 2 is 2.05 bits per heavy atom. The van der Waals surface area contributed by atoms with Gasteiger partial charge in [-0.2, -0.15) is 5.10 Å². The smallest absolute Gasteiger partial charge is 0.164 e. The topological polar surface area (TPSA) is 39.9 Å². The molecule has 5 heteroatoms. The number of ether oxygens (including phenoxy) is 1. The molecule has 0 saturated heterocycles. The van der Waals surface area contributed by atoms with E-state index in [0.29, 0.717) is 6.61 Å². The van der Waals surface area contributed by atoms with Crippen LogP contribution in [0.15, 0.2) is 47.2 Å². The van der Waals surface area contributed by atoms with Crippen LogP contribution >= 0.6 is 15.9 Å². The highest BCUT2D eigenvalue weighted by molar-refractivity contribution is 9.10. The third-order valence-corrected chi connectivity index (χ3v) is 4.13. The van der Waals surface area contributed by atoms with Gasteiger partial charge in [-0.3, -0.25) is 0 Å². The summed E-state index contributed by atoms with van der Waals surface area (Å²) in [6, 6.07) is 12.3. The van der Waals surface area contributed by atoms with Gasteiger partial charge in [0.2, 0.25) is 0 Å². The van der Waals surface area contributed by atoms with Crippen molar-refractivity contribution in [2.75, 3.05) is 0 Å². The fraction of sp³-hybridized carbons (Fsp3) is 0.250. The normalized spacial score (nSPS) is 11.0.